The van der Waals surface area contributed by atoms with Crippen LogP contribution in [0.25, 0.3) is 0 Å². The molecule has 0 unspecified atom stereocenters. The molecule has 1 heterocycles. The quantitative estimate of drug-likeness (QED) is 0.765. The minimum atomic E-state index is -2.67. The van der Waals surface area contributed by atoms with Crippen LogP contribution >= 0.6 is 7.14 Å². The summed E-state index contributed by atoms with van der Waals surface area (Å²) in [4.78, 5) is 13.5. The lowest BCUT2D eigenvalue weighted by Crippen LogP contribution is -2.24. The van der Waals surface area contributed by atoms with Crippen molar-refractivity contribution >= 4 is 23.7 Å². The van der Waals surface area contributed by atoms with E-state index in [2.05, 4.69) is 0 Å². The molecule has 4 heteroatoms. The van der Waals surface area contributed by atoms with Gasteiger partial charge in [-0.3, -0.25) is 4.79 Å². The van der Waals surface area contributed by atoms with E-state index in [0.717, 1.165) is 23.6 Å². The highest BCUT2D eigenvalue weighted by Gasteiger charge is 2.28. The van der Waals surface area contributed by atoms with Gasteiger partial charge in [0.25, 0.3) is 0 Å². The Balaban J connectivity index is 1.79. The molecule has 3 nitrogen and oxygen atoms in total. The standard InChI is InChI=1S/C19H21NO2P/c21-19-13-7-14-20(19)15-8-16-23(22,17-9-3-1-4-10-17)18-11-5-2-6-12-18/h1-6,9-12,15H,7-8,13-14,16H2. The van der Waals surface area contributed by atoms with Crippen molar-refractivity contribution in [1.82, 2.24) is 4.90 Å². The second-order valence-corrected chi connectivity index (χ2v) is 8.76. The van der Waals surface area contributed by atoms with Gasteiger partial charge < -0.3 is 9.46 Å². The molecule has 1 aliphatic rings. The molecule has 23 heavy (non-hydrogen) atoms. The summed E-state index contributed by atoms with van der Waals surface area (Å²) < 4.78 is 13.7. The molecule has 0 aliphatic carbocycles. The van der Waals surface area contributed by atoms with Crippen LogP contribution in [-0.4, -0.2) is 23.5 Å². The molecule has 0 spiro atoms. The van der Waals surface area contributed by atoms with Crippen molar-refractivity contribution in [2.24, 2.45) is 0 Å². The van der Waals surface area contributed by atoms with Crippen molar-refractivity contribution in [2.45, 2.75) is 19.3 Å². The maximum Gasteiger partial charge on any atom is 0.222 e. The lowest BCUT2D eigenvalue weighted by atomic mass is 10.4. The van der Waals surface area contributed by atoms with Crippen LogP contribution in [0.2, 0.25) is 0 Å². The van der Waals surface area contributed by atoms with Gasteiger partial charge in [0.1, 0.15) is 7.14 Å². The van der Waals surface area contributed by atoms with Crippen molar-refractivity contribution in [2.75, 3.05) is 12.7 Å². The molecule has 3 rings (SSSR count). The Hall–Kier alpha value is -1.86. The number of hydrogen-bond acceptors (Lipinski definition) is 2. The van der Waals surface area contributed by atoms with Gasteiger partial charge in [-0.05, 0) is 12.8 Å². The van der Waals surface area contributed by atoms with E-state index in [1.807, 2.05) is 67.2 Å². The van der Waals surface area contributed by atoms with E-state index in [-0.39, 0.29) is 5.91 Å². The summed E-state index contributed by atoms with van der Waals surface area (Å²) in [5, 5.41) is 1.76. The molecule has 0 bridgehead atoms. The maximum absolute atomic E-state index is 13.7. The summed E-state index contributed by atoms with van der Waals surface area (Å²) in [6.45, 7) is 2.72. The fourth-order valence-electron chi connectivity index (χ4n) is 3.00. The minimum Gasteiger partial charge on any atom is -0.338 e. The first kappa shape index (κ1) is 16.0. The van der Waals surface area contributed by atoms with Crippen molar-refractivity contribution in [3.8, 4) is 0 Å². The Bertz CT molecular complexity index is 656. The predicted octanol–water partition coefficient (Wildman–Crippen LogP) is 3.17. The Morgan fingerprint density at radius 3 is 2.00 bits per heavy atom. The Morgan fingerprint density at radius 2 is 1.52 bits per heavy atom. The topological polar surface area (TPSA) is 37.4 Å². The number of nitrogens with zero attached hydrogens (tertiary/aromatic N) is 1. The van der Waals surface area contributed by atoms with Gasteiger partial charge in [-0.2, -0.15) is 0 Å². The number of amides is 1. The fraction of sp³-hybridized carbons (Fsp3) is 0.263. The monoisotopic (exact) mass is 326 g/mol. The van der Waals surface area contributed by atoms with Gasteiger partial charge >= 0.3 is 0 Å². The van der Waals surface area contributed by atoms with Crippen molar-refractivity contribution in [1.29, 1.82) is 0 Å². The molecule has 1 radical (unpaired) electrons. The molecule has 0 aromatic heterocycles. The molecular formula is C19H21NO2P. The SMILES string of the molecule is O=C1CCCN1[CH]CCP(=O)(c1ccccc1)c1ccccc1. The summed E-state index contributed by atoms with van der Waals surface area (Å²) in [6, 6.07) is 19.4. The molecule has 1 amide bonds. The third kappa shape index (κ3) is 3.56. The largest absolute Gasteiger partial charge is 0.338 e. The number of likely N-dealkylation sites (tertiary alicyclic amines) is 1. The second kappa shape index (κ2) is 7.14. The Kier molecular flexibility index (Phi) is 4.97. The van der Waals surface area contributed by atoms with Crippen LogP contribution in [-0.2, 0) is 9.36 Å². The molecule has 1 saturated heterocycles. The van der Waals surface area contributed by atoms with Gasteiger partial charge in [-0.25, -0.2) is 0 Å². The molecule has 1 fully saturated rings. The Morgan fingerprint density at radius 1 is 0.957 bits per heavy atom. The van der Waals surface area contributed by atoms with E-state index in [1.54, 1.807) is 4.90 Å². The van der Waals surface area contributed by atoms with E-state index in [9.17, 15) is 9.36 Å². The van der Waals surface area contributed by atoms with Crippen LogP contribution < -0.4 is 10.6 Å². The highest BCUT2D eigenvalue weighted by Crippen LogP contribution is 2.44. The van der Waals surface area contributed by atoms with Gasteiger partial charge in [0.2, 0.25) is 5.91 Å². The summed E-state index contributed by atoms with van der Waals surface area (Å²) in [5.41, 5.74) is 0. The smallest absolute Gasteiger partial charge is 0.222 e. The van der Waals surface area contributed by atoms with Gasteiger partial charge in [-0.1, -0.05) is 60.7 Å². The average Bonchev–Trinajstić information content (AvgIpc) is 3.01. The van der Waals surface area contributed by atoms with Crippen LogP contribution in [0.3, 0.4) is 0 Å². The third-order valence-electron chi connectivity index (χ3n) is 4.25. The molecule has 0 saturated carbocycles. The van der Waals surface area contributed by atoms with Crippen LogP contribution in [0.4, 0.5) is 0 Å². The molecule has 119 valence electrons. The van der Waals surface area contributed by atoms with Crippen molar-refractivity contribution < 1.29 is 9.36 Å². The molecule has 2 aromatic rings. The minimum absolute atomic E-state index is 0.180. The van der Waals surface area contributed by atoms with Gasteiger partial charge in [0.05, 0.1) is 6.54 Å². The lowest BCUT2D eigenvalue weighted by Gasteiger charge is -2.21. The molecule has 0 N–H and O–H groups in total. The van der Waals surface area contributed by atoms with Crippen molar-refractivity contribution in [3.63, 3.8) is 0 Å². The molecule has 0 atom stereocenters. The van der Waals surface area contributed by atoms with Crippen LogP contribution in [0.1, 0.15) is 19.3 Å². The van der Waals surface area contributed by atoms with E-state index >= 15 is 0 Å². The Labute approximate surface area is 137 Å². The normalized spacial score (nSPS) is 15.1. The van der Waals surface area contributed by atoms with Crippen LogP contribution in [0.5, 0.6) is 0 Å². The summed E-state index contributed by atoms with van der Waals surface area (Å²) in [6.07, 6.45) is 2.74. The van der Waals surface area contributed by atoms with E-state index in [0.29, 0.717) is 19.0 Å². The van der Waals surface area contributed by atoms with Crippen molar-refractivity contribution in [3.05, 3.63) is 67.2 Å². The highest BCUT2D eigenvalue weighted by molar-refractivity contribution is 7.78. The average molecular weight is 326 g/mol. The fourth-order valence-corrected chi connectivity index (χ4v) is 5.60. The maximum atomic E-state index is 13.7. The molecule has 1 aliphatic heterocycles. The lowest BCUT2D eigenvalue weighted by molar-refractivity contribution is -0.126. The van der Waals surface area contributed by atoms with Gasteiger partial charge in [-0.15, -0.1) is 0 Å². The summed E-state index contributed by atoms with van der Waals surface area (Å²) >= 11 is 0. The number of rotatable bonds is 6. The zero-order valence-electron chi connectivity index (χ0n) is 13.1. The highest BCUT2D eigenvalue weighted by atomic mass is 31.2. The van der Waals surface area contributed by atoms with Crippen LogP contribution in [0, 0.1) is 6.54 Å². The predicted molar refractivity (Wildman–Crippen MR) is 94.5 cm³/mol. The first-order chi connectivity index (χ1) is 11.2. The number of benzene rings is 2. The first-order valence-electron chi connectivity index (χ1n) is 8.03. The second-order valence-electron chi connectivity index (χ2n) is 5.80. The summed E-state index contributed by atoms with van der Waals surface area (Å²) in [5.74, 6) is 0.180. The van der Waals surface area contributed by atoms with Crippen LogP contribution in [0.15, 0.2) is 60.7 Å². The van der Waals surface area contributed by atoms with E-state index in [4.69, 9.17) is 0 Å². The number of carbonyl (C=O) groups is 1. The zero-order valence-corrected chi connectivity index (χ0v) is 14.0. The van der Waals surface area contributed by atoms with E-state index in [1.165, 1.54) is 0 Å². The number of carbonyl (C=O) groups excluding carboxylic acids is 1. The van der Waals surface area contributed by atoms with Gasteiger partial charge in [0, 0.05) is 29.7 Å². The molecule has 2 aromatic carbocycles. The number of hydrogen-bond donors (Lipinski definition) is 0. The molecular weight excluding hydrogens is 305 g/mol. The zero-order chi connectivity index (χ0) is 16.1. The van der Waals surface area contributed by atoms with E-state index < -0.39 is 7.14 Å². The third-order valence-corrected chi connectivity index (χ3v) is 7.40. The first-order valence-corrected chi connectivity index (χ1v) is 9.92. The van der Waals surface area contributed by atoms with Gasteiger partial charge in [0.15, 0.2) is 0 Å². The summed E-state index contributed by atoms with van der Waals surface area (Å²) in [7, 11) is -2.67.